The van der Waals surface area contributed by atoms with Crippen LogP contribution >= 0.6 is 0 Å². The lowest BCUT2D eigenvalue weighted by Gasteiger charge is -2.28. The maximum atomic E-state index is 13.0. The SMILES string of the molecule is CC(C)C[C@@H](C(=O)NCc1ccc2c(c1)OCO2)N1Cc2ccccc2C1=O. The van der Waals surface area contributed by atoms with Crippen molar-refractivity contribution in [2.75, 3.05) is 6.79 Å². The molecule has 146 valence electrons. The number of amides is 2. The van der Waals surface area contributed by atoms with Crippen LogP contribution in [0.5, 0.6) is 11.5 Å². The predicted molar refractivity (Wildman–Crippen MR) is 104 cm³/mol. The van der Waals surface area contributed by atoms with Gasteiger partial charge in [-0.1, -0.05) is 38.1 Å². The Morgan fingerprint density at radius 2 is 1.93 bits per heavy atom. The molecule has 28 heavy (non-hydrogen) atoms. The third-order valence-electron chi connectivity index (χ3n) is 5.13. The van der Waals surface area contributed by atoms with Crippen molar-refractivity contribution >= 4 is 11.8 Å². The Morgan fingerprint density at radius 3 is 2.71 bits per heavy atom. The van der Waals surface area contributed by atoms with E-state index in [1.165, 1.54) is 0 Å². The summed E-state index contributed by atoms with van der Waals surface area (Å²) >= 11 is 0. The molecule has 0 bridgehead atoms. The van der Waals surface area contributed by atoms with Gasteiger partial charge >= 0.3 is 0 Å². The monoisotopic (exact) mass is 380 g/mol. The Bertz CT molecular complexity index is 909. The first-order valence-corrected chi connectivity index (χ1v) is 9.58. The first kappa shape index (κ1) is 18.3. The molecule has 2 aromatic rings. The van der Waals surface area contributed by atoms with Gasteiger partial charge in [0.15, 0.2) is 11.5 Å². The lowest BCUT2D eigenvalue weighted by molar-refractivity contribution is -0.126. The number of fused-ring (bicyclic) bond motifs is 2. The maximum absolute atomic E-state index is 13.0. The molecule has 6 heteroatoms. The summed E-state index contributed by atoms with van der Waals surface area (Å²) in [6.45, 7) is 5.19. The van der Waals surface area contributed by atoms with E-state index in [1.54, 1.807) is 4.90 Å². The molecule has 1 atom stereocenters. The van der Waals surface area contributed by atoms with Gasteiger partial charge in [0.1, 0.15) is 6.04 Å². The Labute approximate surface area is 164 Å². The number of benzene rings is 2. The summed E-state index contributed by atoms with van der Waals surface area (Å²) in [5, 5.41) is 2.99. The molecule has 2 aliphatic rings. The second-order valence-electron chi connectivity index (χ2n) is 7.64. The van der Waals surface area contributed by atoms with Crippen molar-refractivity contribution in [2.45, 2.75) is 39.4 Å². The highest BCUT2D eigenvalue weighted by Crippen LogP contribution is 2.32. The van der Waals surface area contributed by atoms with E-state index in [4.69, 9.17) is 9.47 Å². The van der Waals surface area contributed by atoms with Crippen LogP contribution in [0.2, 0.25) is 0 Å². The highest BCUT2D eigenvalue weighted by molar-refractivity contribution is 6.01. The first-order valence-electron chi connectivity index (χ1n) is 9.58. The van der Waals surface area contributed by atoms with E-state index in [1.807, 2.05) is 42.5 Å². The van der Waals surface area contributed by atoms with E-state index in [-0.39, 0.29) is 24.5 Å². The zero-order valence-electron chi connectivity index (χ0n) is 16.1. The van der Waals surface area contributed by atoms with Crippen LogP contribution in [-0.4, -0.2) is 29.5 Å². The van der Waals surface area contributed by atoms with E-state index in [9.17, 15) is 9.59 Å². The van der Waals surface area contributed by atoms with Crippen LogP contribution in [0.1, 0.15) is 41.8 Å². The molecule has 2 amide bonds. The first-order chi connectivity index (χ1) is 13.5. The summed E-state index contributed by atoms with van der Waals surface area (Å²) in [6.07, 6.45) is 0.618. The van der Waals surface area contributed by atoms with Gasteiger partial charge in [0.25, 0.3) is 5.91 Å². The number of nitrogens with one attached hydrogen (secondary N) is 1. The minimum Gasteiger partial charge on any atom is -0.454 e. The predicted octanol–water partition coefficient (Wildman–Crippen LogP) is 3.10. The van der Waals surface area contributed by atoms with Gasteiger partial charge in [-0.2, -0.15) is 0 Å². The molecular weight excluding hydrogens is 356 g/mol. The number of carbonyl (C=O) groups excluding carboxylic acids is 2. The van der Waals surface area contributed by atoms with E-state index in [2.05, 4.69) is 19.2 Å². The number of hydrogen-bond acceptors (Lipinski definition) is 4. The van der Waals surface area contributed by atoms with Gasteiger partial charge in [-0.15, -0.1) is 0 Å². The molecular formula is C22H24N2O4. The highest BCUT2D eigenvalue weighted by Gasteiger charge is 2.36. The number of rotatable bonds is 6. The summed E-state index contributed by atoms with van der Waals surface area (Å²) < 4.78 is 10.7. The topological polar surface area (TPSA) is 67.9 Å². The van der Waals surface area contributed by atoms with Crippen LogP contribution in [0, 0.1) is 5.92 Å². The number of ether oxygens (including phenoxy) is 2. The lowest BCUT2D eigenvalue weighted by Crippen LogP contribution is -2.47. The third-order valence-corrected chi connectivity index (χ3v) is 5.13. The van der Waals surface area contributed by atoms with Gasteiger partial charge in [-0.3, -0.25) is 9.59 Å². The minimum absolute atomic E-state index is 0.0699. The molecule has 0 aromatic heterocycles. The molecule has 0 fully saturated rings. The second-order valence-corrected chi connectivity index (χ2v) is 7.64. The lowest BCUT2D eigenvalue weighted by atomic mass is 10.0. The van der Waals surface area contributed by atoms with Gasteiger partial charge in [-0.25, -0.2) is 0 Å². The third kappa shape index (κ3) is 3.54. The quantitative estimate of drug-likeness (QED) is 0.836. The molecule has 2 aromatic carbocycles. The Balaban J connectivity index is 1.47. The van der Waals surface area contributed by atoms with Crippen LogP contribution in [0.25, 0.3) is 0 Å². The summed E-state index contributed by atoms with van der Waals surface area (Å²) in [5.74, 6) is 1.49. The summed E-state index contributed by atoms with van der Waals surface area (Å²) in [5.41, 5.74) is 2.60. The van der Waals surface area contributed by atoms with E-state index < -0.39 is 6.04 Å². The van der Waals surface area contributed by atoms with Crippen molar-refractivity contribution in [3.05, 3.63) is 59.2 Å². The van der Waals surface area contributed by atoms with Gasteiger partial charge < -0.3 is 19.7 Å². The van der Waals surface area contributed by atoms with Crippen LogP contribution in [-0.2, 0) is 17.9 Å². The summed E-state index contributed by atoms with van der Waals surface area (Å²) in [6, 6.07) is 12.7. The Kier molecular flexibility index (Phi) is 4.94. The molecule has 0 unspecified atom stereocenters. The molecule has 0 aliphatic carbocycles. The van der Waals surface area contributed by atoms with Crippen LogP contribution in [0.15, 0.2) is 42.5 Å². The zero-order valence-corrected chi connectivity index (χ0v) is 16.1. The van der Waals surface area contributed by atoms with Gasteiger partial charge in [0, 0.05) is 18.7 Å². The van der Waals surface area contributed by atoms with Crippen LogP contribution in [0.3, 0.4) is 0 Å². The smallest absolute Gasteiger partial charge is 0.255 e. The molecule has 1 N–H and O–H groups in total. The molecule has 2 heterocycles. The highest BCUT2D eigenvalue weighted by atomic mass is 16.7. The fourth-order valence-corrected chi connectivity index (χ4v) is 3.71. The molecule has 2 aliphatic heterocycles. The molecule has 0 spiro atoms. The van der Waals surface area contributed by atoms with Crippen LogP contribution < -0.4 is 14.8 Å². The molecule has 0 saturated heterocycles. The average molecular weight is 380 g/mol. The van der Waals surface area contributed by atoms with E-state index >= 15 is 0 Å². The Hall–Kier alpha value is -3.02. The molecule has 6 nitrogen and oxygen atoms in total. The average Bonchev–Trinajstić information content (AvgIpc) is 3.28. The van der Waals surface area contributed by atoms with E-state index in [0.717, 1.165) is 11.1 Å². The summed E-state index contributed by atoms with van der Waals surface area (Å²) in [4.78, 5) is 27.5. The normalized spacial score (nSPS) is 15.7. The maximum Gasteiger partial charge on any atom is 0.255 e. The van der Waals surface area contributed by atoms with Crippen molar-refractivity contribution in [1.29, 1.82) is 0 Å². The molecule has 4 rings (SSSR count). The van der Waals surface area contributed by atoms with Gasteiger partial charge in [0.05, 0.1) is 0 Å². The fraction of sp³-hybridized carbons (Fsp3) is 0.364. The van der Waals surface area contributed by atoms with Crippen molar-refractivity contribution in [1.82, 2.24) is 10.2 Å². The fourth-order valence-electron chi connectivity index (χ4n) is 3.71. The van der Waals surface area contributed by atoms with Crippen molar-refractivity contribution in [3.63, 3.8) is 0 Å². The van der Waals surface area contributed by atoms with Crippen LogP contribution in [0.4, 0.5) is 0 Å². The standard InChI is InChI=1S/C22H24N2O4/c1-14(2)9-18(24-12-16-5-3-4-6-17(16)22(24)26)21(25)23-11-15-7-8-19-20(10-15)28-13-27-19/h3-8,10,14,18H,9,11-13H2,1-2H3,(H,23,25)/t18-/m0/s1. The number of carbonyl (C=O) groups is 2. The largest absolute Gasteiger partial charge is 0.454 e. The summed E-state index contributed by atoms with van der Waals surface area (Å²) in [7, 11) is 0. The Morgan fingerprint density at radius 1 is 1.14 bits per heavy atom. The molecule has 0 radical (unpaired) electrons. The minimum atomic E-state index is -0.492. The molecule has 0 saturated carbocycles. The van der Waals surface area contributed by atoms with Crippen molar-refractivity contribution in [3.8, 4) is 11.5 Å². The number of nitrogens with zero attached hydrogens (tertiary/aromatic N) is 1. The second kappa shape index (κ2) is 7.54. The number of hydrogen-bond donors (Lipinski definition) is 1. The zero-order chi connectivity index (χ0) is 19.7. The van der Waals surface area contributed by atoms with Gasteiger partial charge in [0.2, 0.25) is 12.7 Å². The van der Waals surface area contributed by atoms with Gasteiger partial charge in [-0.05, 0) is 41.7 Å². The van der Waals surface area contributed by atoms with E-state index in [0.29, 0.717) is 36.6 Å². The van der Waals surface area contributed by atoms with Crippen molar-refractivity contribution < 1.29 is 19.1 Å². The van der Waals surface area contributed by atoms with Crippen molar-refractivity contribution in [2.24, 2.45) is 5.92 Å².